The van der Waals surface area contributed by atoms with Crippen LogP contribution in [-0.4, -0.2) is 5.11 Å². The average Bonchev–Trinajstić information content (AvgIpc) is 2.43. The third kappa shape index (κ3) is 2.21. The highest BCUT2D eigenvalue weighted by atomic mass is 19.1. The van der Waals surface area contributed by atoms with Crippen LogP contribution >= 0.6 is 0 Å². The molecule has 0 spiro atoms. The fourth-order valence-electron chi connectivity index (χ4n) is 2.72. The lowest BCUT2D eigenvalue weighted by Crippen LogP contribution is -1.95. The van der Waals surface area contributed by atoms with E-state index in [4.69, 9.17) is 5.73 Å². The van der Waals surface area contributed by atoms with Crippen LogP contribution in [0.3, 0.4) is 0 Å². The van der Waals surface area contributed by atoms with E-state index >= 15 is 0 Å². The number of anilines is 1. The minimum atomic E-state index is -0.307. The van der Waals surface area contributed by atoms with E-state index in [2.05, 4.69) is 0 Å². The molecule has 3 heteroatoms. The zero-order chi connectivity index (χ0) is 15.1. The Kier molecular flexibility index (Phi) is 3.05. The standard InChI is InChI=1S/C18H16FNO/c1-10-6-14(21)7-12-4-3-5-15(18(10)12)13-8-16(19)11(2)17(20)9-13/h3-9,21H,20H2,1-2H3. The maximum atomic E-state index is 14.0. The van der Waals surface area contributed by atoms with Crippen molar-refractivity contribution in [3.63, 3.8) is 0 Å². The Bertz CT molecular complexity index is 832. The molecule has 0 aromatic heterocycles. The third-order valence-corrected chi connectivity index (χ3v) is 3.85. The van der Waals surface area contributed by atoms with Gasteiger partial charge in [0, 0.05) is 11.3 Å². The van der Waals surface area contributed by atoms with Crippen molar-refractivity contribution >= 4 is 16.5 Å². The number of hydrogen-bond acceptors (Lipinski definition) is 2. The molecule has 0 unspecified atom stereocenters. The van der Waals surface area contributed by atoms with Crippen LogP contribution in [0.4, 0.5) is 10.1 Å². The zero-order valence-corrected chi connectivity index (χ0v) is 11.9. The molecule has 106 valence electrons. The van der Waals surface area contributed by atoms with Crippen LogP contribution in [0, 0.1) is 19.7 Å². The monoisotopic (exact) mass is 281 g/mol. The summed E-state index contributed by atoms with van der Waals surface area (Å²) in [4.78, 5) is 0. The van der Waals surface area contributed by atoms with Crippen molar-refractivity contribution in [2.24, 2.45) is 0 Å². The second-order valence-electron chi connectivity index (χ2n) is 5.34. The second kappa shape index (κ2) is 4.77. The summed E-state index contributed by atoms with van der Waals surface area (Å²) in [6.45, 7) is 3.60. The summed E-state index contributed by atoms with van der Waals surface area (Å²) >= 11 is 0. The zero-order valence-electron chi connectivity index (χ0n) is 11.9. The summed E-state index contributed by atoms with van der Waals surface area (Å²) < 4.78 is 14.0. The molecule has 0 aliphatic carbocycles. The molecule has 0 amide bonds. The molecule has 0 heterocycles. The van der Waals surface area contributed by atoms with Crippen LogP contribution < -0.4 is 5.73 Å². The molecule has 0 saturated carbocycles. The first-order chi connectivity index (χ1) is 9.97. The number of aromatic hydroxyl groups is 1. The van der Waals surface area contributed by atoms with Crippen molar-refractivity contribution in [1.29, 1.82) is 0 Å². The summed E-state index contributed by atoms with van der Waals surface area (Å²) in [6, 6.07) is 12.5. The fourth-order valence-corrected chi connectivity index (χ4v) is 2.72. The molecule has 3 N–H and O–H groups in total. The lowest BCUT2D eigenvalue weighted by molar-refractivity contribution is 0.476. The third-order valence-electron chi connectivity index (χ3n) is 3.85. The van der Waals surface area contributed by atoms with Crippen molar-refractivity contribution in [1.82, 2.24) is 0 Å². The van der Waals surface area contributed by atoms with Gasteiger partial charge in [0.15, 0.2) is 0 Å². The number of benzene rings is 3. The Labute approximate surface area is 122 Å². The molecule has 3 aromatic carbocycles. The van der Waals surface area contributed by atoms with E-state index in [0.717, 1.165) is 27.5 Å². The Morgan fingerprint density at radius 2 is 1.81 bits per heavy atom. The minimum Gasteiger partial charge on any atom is -0.508 e. The van der Waals surface area contributed by atoms with E-state index in [-0.39, 0.29) is 11.6 Å². The largest absolute Gasteiger partial charge is 0.508 e. The van der Waals surface area contributed by atoms with Crippen LogP contribution in [0.1, 0.15) is 11.1 Å². The first kappa shape index (κ1) is 13.4. The molecule has 0 aliphatic heterocycles. The number of aryl methyl sites for hydroxylation is 1. The van der Waals surface area contributed by atoms with Crippen LogP contribution in [0.5, 0.6) is 5.75 Å². The van der Waals surface area contributed by atoms with E-state index in [1.54, 1.807) is 25.1 Å². The van der Waals surface area contributed by atoms with Gasteiger partial charge in [0.1, 0.15) is 11.6 Å². The van der Waals surface area contributed by atoms with Crippen molar-refractivity contribution in [3.8, 4) is 16.9 Å². The highest BCUT2D eigenvalue weighted by molar-refractivity contribution is 6.00. The number of halogens is 1. The number of nitrogens with two attached hydrogens (primary N) is 1. The molecular weight excluding hydrogens is 265 g/mol. The van der Waals surface area contributed by atoms with Gasteiger partial charge in [0.25, 0.3) is 0 Å². The van der Waals surface area contributed by atoms with Crippen LogP contribution in [-0.2, 0) is 0 Å². The van der Waals surface area contributed by atoms with Gasteiger partial charge >= 0.3 is 0 Å². The molecular formula is C18H16FNO. The van der Waals surface area contributed by atoms with E-state index in [1.165, 1.54) is 6.07 Å². The Morgan fingerprint density at radius 1 is 1.05 bits per heavy atom. The first-order valence-corrected chi connectivity index (χ1v) is 6.75. The summed E-state index contributed by atoms with van der Waals surface area (Å²) in [5.74, 6) is -0.0785. The summed E-state index contributed by atoms with van der Waals surface area (Å²) in [7, 11) is 0. The van der Waals surface area contributed by atoms with Crippen molar-refractivity contribution < 1.29 is 9.50 Å². The number of nitrogen functional groups attached to an aromatic ring is 1. The van der Waals surface area contributed by atoms with Gasteiger partial charge < -0.3 is 10.8 Å². The van der Waals surface area contributed by atoms with Crippen LogP contribution in [0.15, 0.2) is 42.5 Å². The van der Waals surface area contributed by atoms with Gasteiger partial charge in [-0.05, 0) is 65.6 Å². The Hall–Kier alpha value is -2.55. The fraction of sp³-hybridized carbons (Fsp3) is 0.111. The smallest absolute Gasteiger partial charge is 0.128 e. The first-order valence-electron chi connectivity index (χ1n) is 6.75. The number of rotatable bonds is 1. The van der Waals surface area contributed by atoms with Gasteiger partial charge in [-0.15, -0.1) is 0 Å². The summed E-state index contributed by atoms with van der Waals surface area (Å²) in [5, 5.41) is 11.6. The second-order valence-corrected chi connectivity index (χ2v) is 5.34. The van der Waals surface area contributed by atoms with E-state index < -0.39 is 0 Å². The van der Waals surface area contributed by atoms with Crippen molar-refractivity contribution in [2.75, 3.05) is 5.73 Å². The summed E-state index contributed by atoms with van der Waals surface area (Å²) in [6.07, 6.45) is 0. The number of phenolic OH excluding ortho intramolecular Hbond substituents is 1. The molecule has 0 aliphatic rings. The average molecular weight is 281 g/mol. The van der Waals surface area contributed by atoms with Gasteiger partial charge in [-0.1, -0.05) is 18.2 Å². The minimum absolute atomic E-state index is 0.228. The van der Waals surface area contributed by atoms with Crippen LogP contribution in [0.25, 0.3) is 21.9 Å². The number of phenols is 1. The topological polar surface area (TPSA) is 46.2 Å². The maximum absolute atomic E-state index is 14.0. The lowest BCUT2D eigenvalue weighted by atomic mass is 9.94. The Morgan fingerprint density at radius 3 is 2.52 bits per heavy atom. The van der Waals surface area contributed by atoms with E-state index in [9.17, 15) is 9.50 Å². The number of hydrogen-bond donors (Lipinski definition) is 2. The normalized spacial score (nSPS) is 11.0. The van der Waals surface area contributed by atoms with Gasteiger partial charge in [-0.25, -0.2) is 4.39 Å². The SMILES string of the molecule is Cc1c(N)cc(-c2cccc3cc(O)cc(C)c23)cc1F. The molecule has 0 saturated heterocycles. The van der Waals surface area contributed by atoms with Gasteiger partial charge in [0.2, 0.25) is 0 Å². The molecule has 0 radical (unpaired) electrons. The molecule has 3 aromatic rings. The molecule has 2 nitrogen and oxygen atoms in total. The molecule has 0 bridgehead atoms. The maximum Gasteiger partial charge on any atom is 0.128 e. The highest BCUT2D eigenvalue weighted by Gasteiger charge is 2.11. The van der Waals surface area contributed by atoms with Crippen molar-refractivity contribution in [2.45, 2.75) is 13.8 Å². The quantitative estimate of drug-likeness (QED) is 0.643. The van der Waals surface area contributed by atoms with Crippen molar-refractivity contribution in [3.05, 3.63) is 59.4 Å². The van der Waals surface area contributed by atoms with E-state index in [1.807, 2.05) is 25.1 Å². The predicted octanol–water partition coefficient (Wildman–Crippen LogP) is 4.55. The Balaban J connectivity index is 2.36. The van der Waals surface area contributed by atoms with E-state index in [0.29, 0.717) is 11.3 Å². The number of fused-ring (bicyclic) bond motifs is 1. The highest BCUT2D eigenvalue weighted by Crippen LogP contribution is 2.35. The lowest BCUT2D eigenvalue weighted by Gasteiger charge is -2.12. The molecule has 0 atom stereocenters. The molecule has 21 heavy (non-hydrogen) atoms. The molecule has 3 rings (SSSR count). The molecule has 0 fully saturated rings. The van der Waals surface area contributed by atoms with Gasteiger partial charge in [-0.2, -0.15) is 0 Å². The predicted molar refractivity (Wildman–Crippen MR) is 84.9 cm³/mol. The van der Waals surface area contributed by atoms with Gasteiger partial charge in [-0.3, -0.25) is 0 Å². The van der Waals surface area contributed by atoms with Crippen LogP contribution in [0.2, 0.25) is 0 Å². The summed E-state index contributed by atoms with van der Waals surface area (Å²) in [5.41, 5.74) is 9.40. The van der Waals surface area contributed by atoms with Gasteiger partial charge in [0.05, 0.1) is 0 Å².